The Kier molecular flexibility index (Phi) is 4.11. The Morgan fingerprint density at radius 3 is 2.74 bits per heavy atom. The van der Waals surface area contributed by atoms with Gasteiger partial charge >= 0.3 is 0 Å². The summed E-state index contributed by atoms with van der Waals surface area (Å²) >= 11 is 9.07. The number of anilines is 1. The van der Waals surface area contributed by atoms with Crippen LogP contribution in [0, 0.1) is 10.1 Å². The predicted octanol–water partition coefficient (Wildman–Crippen LogP) is 4.78. The van der Waals surface area contributed by atoms with Gasteiger partial charge in [-0.3, -0.25) is 10.1 Å². The normalized spacial score (nSPS) is 12.2. The second-order valence-electron chi connectivity index (χ2n) is 3.93. The highest BCUT2D eigenvalue weighted by atomic mass is 79.9. The summed E-state index contributed by atoms with van der Waals surface area (Å²) in [5.74, 6) is 0.668. The first-order valence-electron chi connectivity index (χ1n) is 5.43. The number of furan rings is 1. The van der Waals surface area contributed by atoms with Crippen LogP contribution in [0.25, 0.3) is 0 Å². The highest BCUT2D eigenvalue weighted by molar-refractivity contribution is 9.10. The molecule has 7 heteroatoms. The molecule has 0 aliphatic rings. The van der Waals surface area contributed by atoms with Crippen molar-refractivity contribution in [2.24, 2.45) is 0 Å². The fourth-order valence-corrected chi connectivity index (χ4v) is 2.14. The predicted molar refractivity (Wildman–Crippen MR) is 76.6 cm³/mol. The molecule has 0 saturated carbocycles. The molecule has 1 unspecified atom stereocenters. The fraction of sp³-hybridized carbons (Fsp3) is 0.167. The van der Waals surface area contributed by atoms with Crippen molar-refractivity contribution >= 4 is 38.9 Å². The van der Waals surface area contributed by atoms with E-state index in [2.05, 4.69) is 21.2 Å². The van der Waals surface area contributed by atoms with Crippen molar-refractivity contribution in [2.45, 2.75) is 13.0 Å². The minimum Gasteiger partial charge on any atom is -0.452 e. The van der Waals surface area contributed by atoms with Crippen LogP contribution in [0.2, 0.25) is 5.02 Å². The molecule has 0 amide bonds. The zero-order valence-electron chi connectivity index (χ0n) is 9.89. The summed E-state index contributed by atoms with van der Waals surface area (Å²) in [6.07, 6.45) is 0. The summed E-state index contributed by atoms with van der Waals surface area (Å²) in [5.41, 5.74) is 0.333. The second-order valence-corrected chi connectivity index (χ2v) is 5.14. The number of benzene rings is 1. The molecule has 100 valence electrons. The van der Waals surface area contributed by atoms with Crippen molar-refractivity contribution in [3.63, 3.8) is 0 Å². The van der Waals surface area contributed by atoms with E-state index >= 15 is 0 Å². The number of rotatable bonds is 4. The maximum absolute atomic E-state index is 10.9. The highest BCUT2D eigenvalue weighted by Gasteiger charge is 2.17. The number of hydrogen-bond donors (Lipinski definition) is 1. The van der Waals surface area contributed by atoms with E-state index in [9.17, 15) is 10.1 Å². The average Bonchev–Trinajstić information content (AvgIpc) is 2.75. The molecular formula is C12H10BrClN2O3. The smallest absolute Gasteiger partial charge is 0.292 e. The third kappa shape index (κ3) is 3.27. The standard InChI is InChI=1S/C12H10BrClN2O3/c1-7(11-4-5-12(13)19-11)15-9-6-8(14)2-3-10(9)16(17)18/h2-7,15H,1H3. The van der Waals surface area contributed by atoms with Crippen LogP contribution in [0.15, 0.2) is 39.4 Å². The van der Waals surface area contributed by atoms with Crippen LogP contribution < -0.4 is 5.32 Å². The van der Waals surface area contributed by atoms with E-state index in [4.69, 9.17) is 16.0 Å². The van der Waals surface area contributed by atoms with Gasteiger partial charge < -0.3 is 9.73 Å². The Balaban J connectivity index is 2.27. The third-order valence-electron chi connectivity index (χ3n) is 2.55. The first-order valence-corrected chi connectivity index (χ1v) is 6.60. The molecule has 19 heavy (non-hydrogen) atoms. The maximum Gasteiger partial charge on any atom is 0.292 e. The Morgan fingerprint density at radius 1 is 1.42 bits per heavy atom. The van der Waals surface area contributed by atoms with Gasteiger partial charge in [-0.25, -0.2) is 0 Å². The van der Waals surface area contributed by atoms with Gasteiger partial charge in [0.25, 0.3) is 5.69 Å². The van der Waals surface area contributed by atoms with Gasteiger partial charge in [-0.1, -0.05) is 11.6 Å². The molecule has 1 heterocycles. The van der Waals surface area contributed by atoms with Gasteiger partial charge in [0.15, 0.2) is 4.67 Å². The van der Waals surface area contributed by atoms with E-state index in [1.165, 1.54) is 18.2 Å². The molecule has 1 aromatic carbocycles. The van der Waals surface area contributed by atoms with E-state index in [0.717, 1.165) is 0 Å². The Bertz CT molecular complexity index is 615. The molecular weight excluding hydrogens is 336 g/mol. The number of hydrogen-bond acceptors (Lipinski definition) is 4. The van der Waals surface area contributed by atoms with Gasteiger partial charge in [0.1, 0.15) is 11.4 Å². The SMILES string of the molecule is CC(Nc1cc(Cl)ccc1[N+](=O)[O-])c1ccc(Br)o1. The summed E-state index contributed by atoms with van der Waals surface area (Å²) in [6.45, 7) is 1.84. The molecule has 0 saturated heterocycles. The van der Waals surface area contributed by atoms with Crippen LogP contribution in [0.5, 0.6) is 0 Å². The summed E-state index contributed by atoms with van der Waals surface area (Å²) in [6, 6.07) is 7.71. The van der Waals surface area contributed by atoms with E-state index in [0.29, 0.717) is 21.1 Å². The van der Waals surface area contributed by atoms with Crippen LogP contribution in [0.3, 0.4) is 0 Å². The van der Waals surface area contributed by atoms with Crippen molar-refractivity contribution in [3.8, 4) is 0 Å². The molecule has 2 aromatic rings. The van der Waals surface area contributed by atoms with Crippen molar-refractivity contribution in [1.29, 1.82) is 0 Å². The quantitative estimate of drug-likeness (QED) is 0.640. The van der Waals surface area contributed by atoms with Gasteiger partial charge in [0.05, 0.1) is 11.0 Å². The molecule has 0 aliphatic carbocycles. The van der Waals surface area contributed by atoms with E-state index in [-0.39, 0.29) is 11.7 Å². The molecule has 1 aromatic heterocycles. The van der Waals surface area contributed by atoms with Gasteiger partial charge in [-0.15, -0.1) is 0 Å². The van der Waals surface area contributed by atoms with Crippen LogP contribution in [-0.2, 0) is 0 Å². The van der Waals surface area contributed by atoms with Gasteiger partial charge in [-0.05, 0) is 47.1 Å². The molecule has 0 fully saturated rings. The maximum atomic E-state index is 10.9. The van der Waals surface area contributed by atoms with Gasteiger partial charge in [0.2, 0.25) is 0 Å². The van der Waals surface area contributed by atoms with Crippen molar-refractivity contribution in [1.82, 2.24) is 0 Å². The number of nitrogens with one attached hydrogen (secondary N) is 1. The Labute approximate surface area is 122 Å². The molecule has 0 spiro atoms. The van der Waals surface area contributed by atoms with Crippen molar-refractivity contribution < 1.29 is 9.34 Å². The Hall–Kier alpha value is -1.53. The number of nitro groups is 1. The monoisotopic (exact) mass is 344 g/mol. The first-order chi connectivity index (χ1) is 8.97. The lowest BCUT2D eigenvalue weighted by atomic mass is 10.2. The molecule has 1 atom stereocenters. The zero-order valence-corrected chi connectivity index (χ0v) is 12.2. The number of halogens is 2. The van der Waals surface area contributed by atoms with Gasteiger partial charge in [-0.2, -0.15) is 0 Å². The van der Waals surface area contributed by atoms with Gasteiger partial charge in [0, 0.05) is 11.1 Å². The number of nitrogens with zero attached hydrogens (tertiary/aromatic N) is 1. The fourth-order valence-electron chi connectivity index (χ4n) is 1.65. The average molecular weight is 346 g/mol. The van der Waals surface area contributed by atoms with Crippen LogP contribution in [0.1, 0.15) is 18.7 Å². The summed E-state index contributed by atoms with van der Waals surface area (Å²) in [7, 11) is 0. The van der Waals surface area contributed by atoms with Crippen LogP contribution >= 0.6 is 27.5 Å². The molecule has 0 bridgehead atoms. The second kappa shape index (κ2) is 5.63. The molecule has 0 radical (unpaired) electrons. The zero-order chi connectivity index (χ0) is 14.0. The lowest BCUT2D eigenvalue weighted by Gasteiger charge is -2.13. The van der Waals surface area contributed by atoms with E-state index in [1.807, 2.05) is 6.92 Å². The minimum absolute atomic E-state index is 0.0260. The molecule has 1 N–H and O–H groups in total. The van der Waals surface area contributed by atoms with E-state index in [1.54, 1.807) is 12.1 Å². The number of nitro benzene ring substituents is 1. The summed E-state index contributed by atoms with van der Waals surface area (Å²) < 4.78 is 6.01. The summed E-state index contributed by atoms with van der Waals surface area (Å²) in [5, 5.41) is 14.4. The van der Waals surface area contributed by atoms with Crippen molar-refractivity contribution in [3.05, 3.63) is 55.9 Å². The van der Waals surface area contributed by atoms with Crippen LogP contribution in [0.4, 0.5) is 11.4 Å². The van der Waals surface area contributed by atoms with Crippen LogP contribution in [-0.4, -0.2) is 4.92 Å². The first kappa shape index (κ1) is 13.9. The molecule has 2 rings (SSSR count). The minimum atomic E-state index is -0.455. The lowest BCUT2D eigenvalue weighted by Crippen LogP contribution is -2.07. The Morgan fingerprint density at radius 2 is 2.16 bits per heavy atom. The van der Waals surface area contributed by atoms with Crippen molar-refractivity contribution in [2.75, 3.05) is 5.32 Å². The highest BCUT2D eigenvalue weighted by Crippen LogP contribution is 2.31. The lowest BCUT2D eigenvalue weighted by molar-refractivity contribution is -0.384. The topological polar surface area (TPSA) is 68.3 Å². The largest absolute Gasteiger partial charge is 0.452 e. The van der Waals surface area contributed by atoms with E-state index < -0.39 is 4.92 Å². The molecule has 0 aliphatic heterocycles. The summed E-state index contributed by atoms with van der Waals surface area (Å²) in [4.78, 5) is 10.5. The molecule has 5 nitrogen and oxygen atoms in total. The third-order valence-corrected chi connectivity index (χ3v) is 3.21.